The van der Waals surface area contributed by atoms with Crippen molar-refractivity contribution in [2.75, 3.05) is 6.61 Å². The molecule has 0 aliphatic rings. The van der Waals surface area contributed by atoms with Crippen LogP contribution in [0.2, 0.25) is 5.02 Å². The Balaban J connectivity index is 2.13. The van der Waals surface area contributed by atoms with Crippen molar-refractivity contribution >= 4 is 17.5 Å². The first kappa shape index (κ1) is 13.5. The molecule has 7 heteroatoms. The molecule has 0 aliphatic carbocycles. The minimum absolute atomic E-state index is 0.104. The summed E-state index contributed by atoms with van der Waals surface area (Å²) in [4.78, 5) is 11.9. The fraction of sp³-hybridized carbons (Fsp3) is 0.250. The van der Waals surface area contributed by atoms with Crippen LogP contribution in [0.4, 0.5) is 0 Å². The predicted molar refractivity (Wildman–Crippen MR) is 67.8 cm³/mol. The van der Waals surface area contributed by atoms with Crippen LogP contribution in [-0.4, -0.2) is 27.9 Å². The Morgan fingerprint density at radius 3 is 2.63 bits per heavy atom. The van der Waals surface area contributed by atoms with Gasteiger partial charge in [0.1, 0.15) is 5.69 Å². The van der Waals surface area contributed by atoms with Crippen LogP contribution in [0.3, 0.4) is 0 Å². The van der Waals surface area contributed by atoms with Gasteiger partial charge in [-0.2, -0.15) is 0 Å². The molecule has 1 amide bonds. The van der Waals surface area contributed by atoms with Gasteiger partial charge < -0.3 is 10.4 Å². The van der Waals surface area contributed by atoms with Crippen molar-refractivity contribution in [1.82, 2.24) is 15.6 Å². The van der Waals surface area contributed by atoms with Gasteiger partial charge in [0.2, 0.25) is 0 Å². The normalized spacial score (nSPS) is 12.2. The van der Waals surface area contributed by atoms with Gasteiger partial charge in [-0.15, -0.1) is 0 Å². The van der Waals surface area contributed by atoms with Gasteiger partial charge >= 0.3 is 0 Å². The van der Waals surface area contributed by atoms with Gasteiger partial charge in [0.25, 0.3) is 5.91 Å². The summed E-state index contributed by atoms with van der Waals surface area (Å²) in [6, 6.07) is 6.30. The lowest BCUT2D eigenvalue weighted by atomic mass is 10.1. The van der Waals surface area contributed by atoms with E-state index in [4.69, 9.17) is 11.6 Å². The second-order valence-corrected chi connectivity index (χ2v) is 4.39. The van der Waals surface area contributed by atoms with Gasteiger partial charge in [0, 0.05) is 5.02 Å². The minimum atomic E-state index is -0.541. The fourth-order valence-corrected chi connectivity index (χ4v) is 1.72. The van der Waals surface area contributed by atoms with E-state index < -0.39 is 11.9 Å². The maximum absolute atomic E-state index is 11.9. The zero-order valence-electron chi connectivity index (χ0n) is 10.1. The number of hydrogen-bond donors (Lipinski definition) is 2. The van der Waals surface area contributed by atoms with Crippen LogP contribution in [0.25, 0.3) is 0 Å². The number of aromatic nitrogens is 2. The third kappa shape index (κ3) is 3.10. The molecule has 1 atom stereocenters. The number of halogens is 1. The molecule has 2 rings (SSSR count). The third-order valence-corrected chi connectivity index (χ3v) is 2.88. The molecule has 2 aromatic rings. The van der Waals surface area contributed by atoms with Gasteiger partial charge in [-0.25, -0.2) is 4.63 Å². The fourth-order valence-electron chi connectivity index (χ4n) is 1.59. The van der Waals surface area contributed by atoms with E-state index >= 15 is 0 Å². The number of nitrogens with one attached hydrogen (secondary N) is 1. The average molecular weight is 282 g/mol. The highest BCUT2D eigenvalue weighted by Gasteiger charge is 2.19. The summed E-state index contributed by atoms with van der Waals surface area (Å²) in [5.74, 6) is -0.451. The first-order chi connectivity index (χ1) is 9.11. The molecule has 0 saturated heterocycles. The highest BCUT2D eigenvalue weighted by molar-refractivity contribution is 6.30. The monoisotopic (exact) mass is 281 g/mol. The number of nitrogens with zero attached hydrogens (tertiary/aromatic N) is 2. The molecule has 1 heterocycles. The lowest BCUT2D eigenvalue weighted by Gasteiger charge is -2.15. The first-order valence-corrected chi connectivity index (χ1v) is 5.96. The molecular weight excluding hydrogens is 270 g/mol. The van der Waals surface area contributed by atoms with Gasteiger partial charge in [0.15, 0.2) is 5.69 Å². The lowest BCUT2D eigenvalue weighted by Crippen LogP contribution is -2.31. The van der Waals surface area contributed by atoms with Crippen LogP contribution in [0.15, 0.2) is 28.9 Å². The van der Waals surface area contributed by atoms with Crippen molar-refractivity contribution in [2.45, 2.75) is 13.0 Å². The van der Waals surface area contributed by atoms with Gasteiger partial charge in [-0.3, -0.25) is 4.79 Å². The zero-order chi connectivity index (χ0) is 13.8. The molecule has 0 spiro atoms. The second kappa shape index (κ2) is 5.81. The number of benzene rings is 1. The summed E-state index contributed by atoms with van der Waals surface area (Å²) in [6.07, 6.45) is 0. The van der Waals surface area contributed by atoms with E-state index in [2.05, 4.69) is 20.3 Å². The Kier molecular flexibility index (Phi) is 4.13. The van der Waals surface area contributed by atoms with Gasteiger partial charge in [-0.1, -0.05) is 28.9 Å². The van der Waals surface area contributed by atoms with E-state index in [0.29, 0.717) is 10.7 Å². The standard InChI is InChI=1S/C12H12ClN3O3/c1-7-11(16-19-15-7)12(18)14-10(6-17)8-2-4-9(13)5-3-8/h2-5,10,17H,6H2,1H3,(H,14,18). The van der Waals surface area contributed by atoms with E-state index in [-0.39, 0.29) is 12.3 Å². The van der Waals surface area contributed by atoms with Crippen LogP contribution >= 0.6 is 11.6 Å². The molecule has 0 radical (unpaired) electrons. The topological polar surface area (TPSA) is 88.2 Å². The van der Waals surface area contributed by atoms with Crippen molar-refractivity contribution in [3.05, 3.63) is 46.2 Å². The average Bonchev–Trinajstić information content (AvgIpc) is 2.83. The molecule has 2 N–H and O–H groups in total. The lowest BCUT2D eigenvalue weighted by molar-refractivity contribution is 0.0906. The molecular formula is C12H12ClN3O3. The Hall–Kier alpha value is -1.92. The quantitative estimate of drug-likeness (QED) is 0.886. The number of carbonyl (C=O) groups excluding carboxylic acids is 1. The number of rotatable bonds is 4. The largest absolute Gasteiger partial charge is 0.394 e. The molecule has 1 aromatic carbocycles. The summed E-state index contributed by atoms with van der Waals surface area (Å²) in [7, 11) is 0. The first-order valence-electron chi connectivity index (χ1n) is 5.58. The third-order valence-electron chi connectivity index (χ3n) is 2.63. The molecule has 0 aliphatic heterocycles. The van der Waals surface area contributed by atoms with Crippen LogP contribution in [-0.2, 0) is 0 Å². The zero-order valence-corrected chi connectivity index (χ0v) is 10.9. The number of aliphatic hydroxyl groups is 1. The molecule has 0 bridgehead atoms. The summed E-state index contributed by atoms with van der Waals surface area (Å²) in [5.41, 5.74) is 1.24. The number of amides is 1. The molecule has 0 saturated carbocycles. The van der Waals surface area contributed by atoms with E-state index in [0.717, 1.165) is 5.56 Å². The summed E-state index contributed by atoms with van der Waals surface area (Å²) < 4.78 is 4.46. The van der Waals surface area contributed by atoms with E-state index in [9.17, 15) is 9.90 Å². The maximum atomic E-state index is 11.9. The summed E-state index contributed by atoms with van der Waals surface area (Å²) >= 11 is 5.79. The second-order valence-electron chi connectivity index (χ2n) is 3.96. The minimum Gasteiger partial charge on any atom is -0.394 e. The molecule has 1 unspecified atom stereocenters. The van der Waals surface area contributed by atoms with Crippen molar-refractivity contribution in [3.8, 4) is 0 Å². The van der Waals surface area contributed by atoms with Crippen molar-refractivity contribution in [3.63, 3.8) is 0 Å². The molecule has 100 valence electrons. The maximum Gasteiger partial charge on any atom is 0.276 e. The number of hydrogen-bond acceptors (Lipinski definition) is 5. The summed E-state index contributed by atoms with van der Waals surface area (Å²) in [5, 5.41) is 19.6. The van der Waals surface area contributed by atoms with E-state index in [1.165, 1.54) is 0 Å². The predicted octanol–water partition coefficient (Wildman–Crippen LogP) is 1.49. The summed E-state index contributed by atoms with van der Waals surface area (Å²) in [6.45, 7) is 1.37. The molecule has 6 nitrogen and oxygen atoms in total. The number of aliphatic hydroxyl groups excluding tert-OH is 1. The number of aryl methyl sites for hydroxylation is 1. The molecule has 0 fully saturated rings. The Morgan fingerprint density at radius 1 is 1.42 bits per heavy atom. The van der Waals surface area contributed by atoms with Crippen LogP contribution in [0.5, 0.6) is 0 Å². The smallest absolute Gasteiger partial charge is 0.276 e. The SMILES string of the molecule is Cc1nonc1C(=O)NC(CO)c1ccc(Cl)cc1. The van der Waals surface area contributed by atoms with E-state index in [1.807, 2.05) is 0 Å². The highest BCUT2D eigenvalue weighted by atomic mass is 35.5. The number of carbonyl (C=O) groups is 1. The van der Waals surface area contributed by atoms with Crippen LogP contribution in [0, 0.1) is 6.92 Å². The Morgan fingerprint density at radius 2 is 2.11 bits per heavy atom. The Labute approximate surface area is 114 Å². The van der Waals surface area contributed by atoms with Gasteiger partial charge in [0.05, 0.1) is 12.6 Å². The van der Waals surface area contributed by atoms with Crippen molar-refractivity contribution < 1.29 is 14.5 Å². The van der Waals surface area contributed by atoms with Crippen LogP contribution < -0.4 is 5.32 Å². The van der Waals surface area contributed by atoms with Crippen molar-refractivity contribution in [2.24, 2.45) is 0 Å². The molecule has 1 aromatic heterocycles. The van der Waals surface area contributed by atoms with Crippen LogP contribution in [0.1, 0.15) is 27.8 Å². The molecule has 19 heavy (non-hydrogen) atoms. The highest BCUT2D eigenvalue weighted by Crippen LogP contribution is 2.16. The van der Waals surface area contributed by atoms with E-state index in [1.54, 1.807) is 31.2 Å². The van der Waals surface area contributed by atoms with Crippen molar-refractivity contribution in [1.29, 1.82) is 0 Å². The Bertz CT molecular complexity index is 568. The van der Waals surface area contributed by atoms with Gasteiger partial charge in [-0.05, 0) is 29.8 Å².